The van der Waals surface area contributed by atoms with Crippen LogP contribution in [0.2, 0.25) is 0 Å². The van der Waals surface area contributed by atoms with Crippen molar-refractivity contribution in [3.05, 3.63) is 41.0 Å². The summed E-state index contributed by atoms with van der Waals surface area (Å²) in [5.74, 6) is -0.730. The van der Waals surface area contributed by atoms with Crippen molar-refractivity contribution >= 4 is 17.9 Å². The molecule has 3 rings (SSSR count). The second kappa shape index (κ2) is 7.00. The summed E-state index contributed by atoms with van der Waals surface area (Å²) in [6, 6.07) is 3.15. The number of carbonyl (C=O) groups is 2. The van der Waals surface area contributed by atoms with Gasteiger partial charge in [0, 0.05) is 48.3 Å². The minimum absolute atomic E-state index is 0.0194. The maximum absolute atomic E-state index is 13.0. The molecule has 1 saturated heterocycles. The molecule has 1 aromatic rings. The lowest BCUT2D eigenvalue weighted by atomic mass is 9.61. The molecule has 0 radical (unpaired) electrons. The van der Waals surface area contributed by atoms with E-state index in [2.05, 4.69) is 4.99 Å². The lowest BCUT2D eigenvalue weighted by molar-refractivity contribution is -0.138. The molecule has 156 valence electrons. The number of halogens is 3. The summed E-state index contributed by atoms with van der Waals surface area (Å²) in [5, 5.41) is 0. The normalized spacial score (nSPS) is 20.6. The lowest BCUT2D eigenvalue weighted by Crippen LogP contribution is -2.61. The van der Waals surface area contributed by atoms with E-state index in [9.17, 15) is 22.8 Å². The monoisotopic (exact) mass is 408 g/mol. The van der Waals surface area contributed by atoms with Gasteiger partial charge in [-0.3, -0.25) is 14.6 Å². The number of benzene rings is 1. The number of allylic oxidation sites excluding steroid dienone is 1. The van der Waals surface area contributed by atoms with Crippen molar-refractivity contribution in [1.82, 2.24) is 4.90 Å². The van der Waals surface area contributed by atoms with Crippen molar-refractivity contribution in [3.8, 4) is 5.75 Å². The maximum Gasteiger partial charge on any atom is 0.419 e. The Kier molecular flexibility index (Phi) is 5.09. The van der Waals surface area contributed by atoms with Crippen LogP contribution < -0.4 is 4.74 Å². The first-order valence-electron chi connectivity index (χ1n) is 9.17. The van der Waals surface area contributed by atoms with Crippen LogP contribution in [0.25, 0.3) is 0 Å². The summed E-state index contributed by atoms with van der Waals surface area (Å²) in [5.41, 5.74) is -1.16. The summed E-state index contributed by atoms with van der Waals surface area (Å²) in [4.78, 5) is 30.9. The molecule has 5 nitrogen and oxygen atoms in total. The molecule has 0 N–H and O–H groups in total. The Hall–Kier alpha value is -2.64. The second-order valence-corrected chi connectivity index (χ2v) is 8.31. The van der Waals surface area contributed by atoms with Gasteiger partial charge in [0.1, 0.15) is 5.75 Å². The van der Waals surface area contributed by atoms with Crippen LogP contribution in [0.1, 0.15) is 36.2 Å². The van der Waals surface area contributed by atoms with Crippen LogP contribution in [0.4, 0.5) is 13.2 Å². The number of hydrogen-bond donors (Lipinski definition) is 0. The first-order valence-corrected chi connectivity index (χ1v) is 9.17. The number of amides is 1. The Labute approximate surface area is 167 Å². The quantitative estimate of drug-likeness (QED) is 0.716. The summed E-state index contributed by atoms with van der Waals surface area (Å²) < 4.78 is 43.9. The number of rotatable bonds is 3. The Bertz CT molecular complexity index is 910. The van der Waals surface area contributed by atoms with Gasteiger partial charge in [0.15, 0.2) is 5.78 Å². The molecule has 29 heavy (non-hydrogen) atoms. The van der Waals surface area contributed by atoms with Gasteiger partial charge in [0.25, 0.3) is 5.91 Å². The van der Waals surface area contributed by atoms with Crippen molar-refractivity contribution in [2.75, 3.05) is 27.2 Å². The number of ketones is 1. The van der Waals surface area contributed by atoms with Crippen LogP contribution >= 0.6 is 0 Å². The topological polar surface area (TPSA) is 59.0 Å². The zero-order chi connectivity index (χ0) is 21.6. The first-order chi connectivity index (χ1) is 13.4. The predicted octanol–water partition coefficient (Wildman–Crippen LogP) is 3.78. The summed E-state index contributed by atoms with van der Waals surface area (Å²) in [6.45, 7) is 4.54. The molecule has 0 aromatic heterocycles. The smallest absolute Gasteiger partial charge is 0.419 e. The fourth-order valence-electron chi connectivity index (χ4n) is 4.33. The Morgan fingerprint density at radius 1 is 1.28 bits per heavy atom. The third-order valence-corrected chi connectivity index (χ3v) is 5.45. The highest BCUT2D eigenvalue weighted by molar-refractivity contribution is 6.16. The maximum atomic E-state index is 13.0. The summed E-state index contributed by atoms with van der Waals surface area (Å²) in [7, 11) is 2.73. The van der Waals surface area contributed by atoms with E-state index in [4.69, 9.17) is 4.74 Å². The standard InChI is InChI=1S/C21H23F3N2O3/c1-19(2)10-20(8-14(9-25-3)17(19)27)11-26(12-20)18(28)13-5-6-15(21(22,23)24)16(7-13)29-4/h5-9H,10-12H2,1-4H3. The van der Waals surface area contributed by atoms with Crippen molar-refractivity contribution in [2.24, 2.45) is 15.8 Å². The van der Waals surface area contributed by atoms with E-state index in [1.807, 2.05) is 19.9 Å². The van der Waals surface area contributed by atoms with Gasteiger partial charge in [-0.15, -0.1) is 0 Å². The molecule has 1 amide bonds. The third-order valence-electron chi connectivity index (χ3n) is 5.45. The molecule has 1 spiro atoms. The summed E-state index contributed by atoms with van der Waals surface area (Å²) >= 11 is 0. The van der Waals surface area contributed by atoms with Crippen LogP contribution in [0, 0.1) is 10.8 Å². The number of methoxy groups -OCH3 is 1. The summed E-state index contributed by atoms with van der Waals surface area (Å²) in [6.07, 6.45) is -0.545. The van der Waals surface area contributed by atoms with Gasteiger partial charge in [-0.2, -0.15) is 13.2 Å². The van der Waals surface area contributed by atoms with E-state index in [-0.39, 0.29) is 28.4 Å². The van der Waals surface area contributed by atoms with E-state index in [0.717, 1.165) is 25.3 Å². The SMILES string of the molecule is CN=CC1=CC2(CN(C(=O)c3ccc(C(F)(F)F)c(OC)c3)C2)CC(C)(C)C1=O. The second-order valence-electron chi connectivity index (χ2n) is 8.31. The van der Waals surface area contributed by atoms with Gasteiger partial charge in [0.2, 0.25) is 0 Å². The molecule has 2 aliphatic rings. The zero-order valence-corrected chi connectivity index (χ0v) is 16.8. The molecular formula is C21H23F3N2O3. The van der Waals surface area contributed by atoms with E-state index in [1.54, 1.807) is 11.9 Å². The van der Waals surface area contributed by atoms with Gasteiger partial charge in [0.05, 0.1) is 12.7 Å². The number of hydrogen-bond acceptors (Lipinski definition) is 4. The number of ether oxygens (including phenoxy) is 1. The molecule has 1 aliphatic carbocycles. The molecule has 1 aliphatic heterocycles. The van der Waals surface area contributed by atoms with Crippen molar-refractivity contribution in [2.45, 2.75) is 26.4 Å². The van der Waals surface area contributed by atoms with Gasteiger partial charge >= 0.3 is 6.18 Å². The highest BCUT2D eigenvalue weighted by Gasteiger charge is 2.52. The number of Topliss-reactive ketones (excluding diaryl/α,β-unsaturated/α-hetero) is 1. The number of carbonyl (C=O) groups excluding carboxylic acids is 2. The Morgan fingerprint density at radius 2 is 1.93 bits per heavy atom. The molecule has 1 fully saturated rings. The van der Waals surface area contributed by atoms with Crippen LogP contribution in [-0.2, 0) is 11.0 Å². The highest BCUT2D eigenvalue weighted by atomic mass is 19.4. The molecule has 0 atom stereocenters. The van der Waals surface area contributed by atoms with E-state index < -0.39 is 17.2 Å². The Balaban J connectivity index is 1.82. The molecule has 8 heteroatoms. The molecule has 0 saturated carbocycles. The molecule has 0 unspecified atom stereocenters. The number of likely N-dealkylation sites (tertiary alicyclic amines) is 1. The molecule has 0 bridgehead atoms. The molecule has 1 heterocycles. The van der Waals surface area contributed by atoms with E-state index in [1.165, 1.54) is 6.21 Å². The Morgan fingerprint density at radius 3 is 2.48 bits per heavy atom. The van der Waals surface area contributed by atoms with Crippen LogP contribution in [0.3, 0.4) is 0 Å². The van der Waals surface area contributed by atoms with Crippen molar-refractivity contribution in [3.63, 3.8) is 0 Å². The van der Waals surface area contributed by atoms with Gasteiger partial charge in [-0.1, -0.05) is 19.9 Å². The molecular weight excluding hydrogens is 385 g/mol. The third kappa shape index (κ3) is 3.80. The van der Waals surface area contributed by atoms with Gasteiger partial charge < -0.3 is 9.64 Å². The first kappa shape index (κ1) is 21.1. The van der Waals surface area contributed by atoms with Crippen molar-refractivity contribution < 1.29 is 27.5 Å². The predicted molar refractivity (Wildman–Crippen MR) is 102 cm³/mol. The van der Waals surface area contributed by atoms with Crippen LogP contribution in [-0.4, -0.2) is 50.1 Å². The van der Waals surface area contributed by atoms with Crippen molar-refractivity contribution in [1.29, 1.82) is 0 Å². The number of alkyl halides is 3. The van der Waals surface area contributed by atoms with Gasteiger partial charge in [-0.05, 0) is 24.6 Å². The van der Waals surface area contributed by atoms with Gasteiger partial charge in [-0.25, -0.2) is 0 Å². The van der Waals surface area contributed by atoms with E-state index in [0.29, 0.717) is 25.1 Å². The number of aliphatic imine (C=N–C) groups is 1. The lowest BCUT2D eigenvalue weighted by Gasteiger charge is -2.53. The van der Waals surface area contributed by atoms with E-state index >= 15 is 0 Å². The minimum atomic E-state index is -4.56. The molecule has 1 aromatic carbocycles. The fraction of sp³-hybridized carbons (Fsp3) is 0.476. The largest absolute Gasteiger partial charge is 0.496 e. The average Bonchev–Trinajstić information content (AvgIpc) is 2.61. The van der Waals surface area contributed by atoms with Crippen LogP contribution in [0.15, 0.2) is 34.8 Å². The average molecular weight is 408 g/mol. The van der Waals surface area contributed by atoms with Crippen LogP contribution in [0.5, 0.6) is 5.75 Å². The fourth-order valence-corrected chi connectivity index (χ4v) is 4.33. The number of nitrogens with zero attached hydrogens (tertiary/aromatic N) is 2. The highest BCUT2D eigenvalue weighted by Crippen LogP contribution is 2.48. The minimum Gasteiger partial charge on any atom is -0.496 e. The zero-order valence-electron chi connectivity index (χ0n) is 16.8.